The maximum atomic E-state index is 12.9. The molecule has 3 aromatic rings. The third-order valence-electron chi connectivity index (χ3n) is 4.45. The first-order chi connectivity index (χ1) is 13.9. The van der Waals surface area contributed by atoms with Gasteiger partial charge in [0.15, 0.2) is 6.10 Å². The summed E-state index contributed by atoms with van der Waals surface area (Å²) in [6, 6.07) is 13.2. The van der Waals surface area contributed by atoms with Crippen LogP contribution in [0.25, 0.3) is 11.4 Å². The van der Waals surface area contributed by atoms with Gasteiger partial charge in [0, 0.05) is 12.6 Å². The third kappa shape index (κ3) is 5.15. The van der Waals surface area contributed by atoms with Gasteiger partial charge < -0.3 is 14.2 Å². The van der Waals surface area contributed by atoms with E-state index in [0.717, 1.165) is 11.1 Å². The fourth-order valence-corrected chi connectivity index (χ4v) is 3.29. The van der Waals surface area contributed by atoms with Crippen LogP contribution in [-0.2, 0) is 11.3 Å². The van der Waals surface area contributed by atoms with Crippen LogP contribution in [0.15, 0.2) is 47.0 Å². The number of aryl methyl sites for hydroxylation is 2. The molecule has 152 valence electrons. The number of benzene rings is 2. The summed E-state index contributed by atoms with van der Waals surface area (Å²) in [6.45, 7) is 6.10. The molecule has 1 heterocycles. The van der Waals surface area contributed by atoms with Crippen molar-refractivity contribution in [2.75, 3.05) is 7.05 Å². The maximum Gasteiger partial charge on any atom is 0.263 e. The minimum absolute atomic E-state index is 0.149. The van der Waals surface area contributed by atoms with Gasteiger partial charge in [0.1, 0.15) is 5.75 Å². The lowest BCUT2D eigenvalue weighted by molar-refractivity contribution is -0.138. The van der Waals surface area contributed by atoms with Crippen molar-refractivity contribution in [3.05, 3.63) is 64.5 Å². The van der Waals surface area contributed by atoms with Crippen LogP contribution in [0, 0.1) is 13.8 Å². The highest BCUT2D eigenvalue weighted by Gasteiger charge is 2.24. The number of amides is 1. The Kier molecular flexibility index (Phi) is 6.54. The second kappa shape index (κ2) is 9.09. The van der Waals surface area contributed by atoms with E-state index in [0.29, 0.717) is 34.5 Å². The summed E-state index contributed by atoms with van der Waals surface area (Å²) in [5.74, 6) is 1.26. The minimum Gasteiger partial charge on any atom is -0.481 e. The zero-order valence-electron chi connectivity index (χ0n) is 17.0. The molecule has 0 saturated carbocycles. The van der Waals surface area contributed by atoms with Gasteiger partial charge in [-0.15, -0.1) is 0 Å². The first-order valence-electron chi connectivity index (χ1n) is 9.44. The molecule has 2 aromatic carbocycles. The molecule has 0 saturated heterocycles. The molecule has 0 radical (unpaired) electrons. The zero-order valence-corrected chi connectivity index (χ0v) is 17.7. The van der Waals surface area contributed by atoms with Crippen molar-refractivity contribution in [1.29, 1.82) is 0 Å². The van der Waals surface area contributed by atoms with Gasteiger partial charge in [-0.25, -0.2) is 0 Å². The van der Waals surface area contributed by atoms with Gasteiger partial charge in [-0.1, -0.05) is 41.9 Å². The number of nitrogens with zero attached hydrogens (tertiary/aromatic N) is 3. The molecule has 7 heteroatoms. The first kappa shape index (κ1) is 20.9. The van der Waals surface area contributed by atoms with Gasteiger partial charge in [-0.05, 0) is 55.7 Å². The smallest absolute Gasteiger partial charge is 0.263 e. The van der Waals surface area contributed by atoms with Crippen LogP contribution in [0.1, 0.15) is 30.4 Å². The summed E-state index contributed by atoms with van der Waals surface area (Å²) in [5.41, 5.74) is 2.87. The third-order valence-corrected chi connectivity index (χ3v) is 4.78. The molecule has 1 amide bonds. The Labute approximate surface area is 175 Å². The minimum atomic E-state index is -0.591. The largest absolute Gasteiger partial charge is 0.481 e. The van der Waals surface area contributed by atoms with E-state index in [2.05, 4.69) is 16.2 Å². The highest BCUT2D eigenvalue weighted by molar-refractivity contribution is 6.33. The Morgan fingerprint density at radius 1 is 1.21 bits per heavy atom. The summed E-state index contributed by atoms with van der Waals surface area (Å²) in [7, 11) is 1.69. The lowest BCUT2D eigenvalue weighted by Gasteiger charge is -2.23. The molecule has 1 atom stereocenters. The predicted molar refractivity (Wildman–Crippen MR) is 112 cm³/mol. The fraction of sp³-hybridized carbons (Fsp3) is 0.318. The molecule has 0 bridgehead atoms. The Morgan fingerprint density at radius 2 is 1.90 bits per heavy atom. The van der Waals surface area contributed by atoms with Crippen molar-refractivity contribution >= 4 is 17.5 Å². The Balaban J connectivity index is 1.68. The molecule has 0 fully saturated rings. The quantitative estimate of drug-likeness (QED) is 0.555. The summed E-state index contributed by atoms with van der Waals surface area (Å²) >= 11 is 6.18. The van der Waals surface area contributed by atoms with Crippen molar-refractivity contribution in [3.8, 4) is 17.1 Å². The molecule has 6 nitrogen and oxygen atoms in total. The molecule has 0 N–H and O–H groups in total. The number of hydrogen-bond acceptors (Lipinski definition) is 5. The Hall–Kier alpha value is -2.86. The lowest BCUT2D eigenvalue weighted by Crippen LogP contribution is -2.39. The van der Waals surface area contributed by atoms with Crippen LogP contribution in [-0.4, -0.2) is 34.1 Å². The van der Waals surface area contributed by atoms with E-state index in [1.807, 2.05) is 51.1 Å². The first-order valence-corrected chi connectivity index (χ1v) is 9.82. The second-order valence-electron chi connectivity index (χ2n) is 7.02. The Morgan fingerprint density at radius 3 is 2.55 bits per heavy atom. The van der Waals surface area contributed by atoms with Gasteiger partial charge in [0.05, 0.1) is 11.6 Å². The SMILES string of the molecule is CC[C@@H](Oc1cc(C)cc(C)c1)C(=O)N(C)Cc1nc(-c2ccccc2Cl)no1. The predicted octanol–water partition coefficient (Wildman–Crippen LogP) is 4.82. The van der Waals surface area contributed by atoms with Crippen LogP contribution >= 0.6 is 11.6 Å². The molecular formula is C22H24ClN3O3. The number of aromatic nitrogens is 2. The summed E-state index contributed by atoms with van der Waals surface area (Å²) in [5, 5.41) is 4.51. The van der Waals surface area contributed by atoms with Crippen LogP contribution in [0.4, 0.5) is 0 Å². The standard InChI is InChI=1S/C22H24ClN3O3/c1-5-19(28-16-11-14(2)10-15(3)12-16)22(27)26(4)13-20-24-21(25-29-20)17-8-6-7-9-18(17)23/h6-12,19H,5,13H2,1-4H3/t19-/m1/s1. The van der Waals surface area contributed by atoms with E-state index in [9.17, 15) is 4.79 Å². The lowest BCUT2D eigenvalue weighted by atomic mass is 10.1. The number of hydrogen-bond donors (Lipinski definition) is 0. The monoisotopic (exact) mass is 413 g/mol. The molecule has 1 aromatic heterocycles. The number of halogens is 1. The molecular weight excluding hydrogens is 390 g/mol. The van der Waals surface area contributed by atoms with E-state index in [4.69, 9.17) is 20.9 Å². The molecule has 0 aliphatic carbocycles. The van der Waals surface area contributed by atoms with E-state index in [1.54, 1.807) is 13.1 Å². The second-order valence-corrected chi connectivity index (χ2v) is 7.43. The topological polar surface area (TPSA) is 68.5 Å². The highest BCUT2D eigenvalue weighted by Crippen LogP contribution is 2.25. The van der Waals surface area contributed by atoms with Crippen LogP contribution < -0.4 is 4.74 Å². The summed E-state index contributed by atoms with van der Waals surface area (Å²) in [4.78, 5) is 18.8. The van der Waals surface area contributed by atoms with E-state index in [-0.39, 0.29) is 12.5 Å². The van der Waals surface area contributed by atoms with Gasteiger partial charge in [-0.2, -0.15) is 4.98 Å². The van der Waals surface area contributed by atoms with E-state index < -0.39 is 6.10 Å². The number of ether oxygens (including phenoxy) is 1. The normalized spacial score (nSPS) is 11.9. The van der Waals surface area contributed by atoms with Gasteiger partial charge in [0.2, 0.25) is 11.7 Å². The average Bonchev–Trinajstić information content (AvgIpc) is 3.13. The fourth-order valence-electron chi connectivity index (χ4n) is 3.07. The molecule has 0 spiro atoms. The Bertz CT molecular complexity index is 982. The molecule has 0 unspecified atom stereocenters. The van der Waals surface area contributed by atoms with Crippen molar-refractivity contribution < 1.29 is 14.1 Å². The molecule has 29 heavy (non-hydrogen) atoms. The van der Waals surface area contributed by atoms with E-state index >= 15 is 0 Å². The van der Waals surface area contributed by atoms with Crippen molar-refractivity contribution in [3.63, 3.8) is 0 Å². The molecule has 3 rings (SSSR count). The van der Waals surface area contributed by atoms with Crippen LogP contribution in [0.5, 0.6) is 5.75 Å². The number of carbonyl (C=O) groups excluding carboxylic acids is 1. The van der Waals surface area contributed by atoms with Gasteiger partial charge in [-0.3, -0.25) is 4.79 Å². The molecule has 0 aliphatic rings. The highest BCUT2D eigenvalue weighted by atomic mass is 35.5. The van der Waals surface area contributed by atoms with E-state index in [1.165, 1.54) is 4.90 Å². The number of likely N-dealkylation sites (N-methyl/N-ethyl adjacent to an activating group) is 1. The van der Waals surface area contributed by atoms with Crippen LogP contribution in [0.2, 0.25) is 5.02 Å². The van der Waals surface area contributed by atoms with Crippen molar-refractivity contribution in [1.82, 2.24) is 15.0 Å². The van der Waals surface area contributed by atoms with Crippen molar-refractivity contribution in [2.24, 2.45) is 0 Å². The maximum absolute atomic E-state index is 12.9. The summed E-state index contributed by atoms with van der Waals surface area (Å²) in [6.07, 6.45) is -0.0441. The molecule has 0 aliphatic heterocycles. The average molecular weight is 414 g/mol. The summed E-state index contributed by atoms with van der Waals surface area (Å²) < 4.78 is 11.3. The number of rotatable bonds is 7. The van der Waals surface area contributed by atoms with Crippen molar-refractivity contribution in [2.45, 2.75) is 39.8 Å². The zero-order chi connectivity index (χ0) is 21.0. The van der Waals surface area contributed by atoms with Crippen LogP contribution in [0.3, 0.4) is 0 Å². The van der Waals surface area contributed by atoms with Gasteiger partial charge >= 0.3 is 0 Å². The number of carbonyl (C=O) groups is 1. The van der Waals surface area contributed by atoms with Gasteiger partial charge in [0.25, 0.3) is 5.91 Å².